The van der Waals surface area contributed by atoms with Crippen molar-refractivity contribution in [3.8, 4) is 0 Å². The van der Waals surface area contributed by atoms with E-state index >= 15 is 0 Å². The number of rotatable bonds is 4. The molecule has 2 rings (SSSR count). The third-order valence-corrected chi connectivity index (χ3v) is 4.82. The van der Waals surface area contributed by atoms with Crippen molar-refractivity contribution >= 4 is 15.5 Å². The second-order valence-electron chi connectivity index (χ2n) is 4.44. The van der Waals surface area contributed by atoms with Crippen LogP contribution in [0.4, 0.5) is 5.69 Å². The van der Waals surface area contributed by atoms with E-state index in [0.29, 0.717) is 17.1 Å². The van der Waals surface area contributed by atoms with Gasteiger partial charge in [-0.05, 0) is 50.2 Å². The molecular weight excluding hydrogens is 236 g/mol. The van der Waals surface area contributed by atoms with Crippen LogP contribution in [-0.2, 0) is 9.84 Å². The fourth-order valence-electron chi connectivity index (χ4n) is 2.05. The quantitative estimate of drug-likeness (QED) is 0.818. The SMILES string of the molecule is Nc1ccc(S(=O)(=O)CCN2CCCC2)cc1. The number of anilines is 1. The van der Waals surface area contributed by atoms with Crippen molar-refractivity contribution in [1.29, 1.82) is 0 Å². The van der Waals surface area contributed by atoms with E-state index in [9.17, 15) is 8.42 Å². The van der Waals surface area contributed by atoms with E-state index in [4.69, 9.17) is 5.73 Å². The predicted octanol–water partition coefficient (Wildman–Crippen LogP) is 1.14. The van der Waals surface area contributed by atoms with Crippen LogP contribution < -0.4 is 5.73 Å². The topological polar surface area (TPSA) is 63.4 Å². The summed E-state index contributed by atoms with van der Waals surface area (Å²) in [6.45, 7) is 2.68. The van der Waals surface area contributed by atoms with Gasteiger partial charge in [0.2, 0.25) is 0 Å². The number of benzene rings is 1. The number of nitrogen functional groups attached to an aromatic ring is 1. The van der Waals surface area contributed by atoms with Crippen LogP contribution in [0.5, 0.6) is 0 Å². The molecule has 1 aromatic carbocycles. The molecule has 0 bridgehead atoms. The molecule has 17 heavy (non-hydrogen) atoms. The first-order valence-electron chi connectivity index (χ1n) is 5.88. The number of likely N-dealkylation sites (tertiary alicyclic amines) is 1. The minimum absolute atomic E-state index is 0.191. The van der Waals surface area contributed by atoms with Crippen molar-refractivity contribution in [3.05, 3.63) is 24.3 Å². The van der Waals surface area contributed by atoms with E-state index in [1.54, 1.807) is 24.3 Å². The number of sulfone groups is 1. The van der Waals surface area contributed by atoms with E-state index < -0.39 is 9.84 Å². The molecular formula is C12H18N2O2S. The molecule has 0 atom stereocenters. The Hall–Kier alpha value is -1.07. The Labute approximate surface area is 102 Å². The molecule has 1 heterocycles. The Morgan fingerprint density at radius 1 is 1.12 bits per heavy atom. The predicted molar refractivity (Wildman–Crippen MR) is 68.6 cm³/mol. The van der Waals surface area contributed by atoms with Gasteiger partial charge < -0.3 is 10.6 Å². The van der Waals surface area contributed by atoms with Crippen LogP contribution in [0.2, 0.25) is 0 Å². The molecule has 0 aromatic heterocycles. The summed E-state index contributed by atoms with van der Waals surface area (Å²) >= 11 is 0. The van der Waals surface area contributed by atoms with Gasteiger partial charge in [0.15, 0.2) is 9.84 Å². The van der Waals surface area contributed by atoms with Crippen LogP contribution >= 0.6 is 0 Å². The van der Waals surface area contributed by atoms with Gasteiger partial charge in [0.25, 0.3) is 0 Å². The van der Waals surface area contributed by atoms with Crippen LogP contribution in [0, 0.1) is 0 Å². The molecule has 0 unspecified atom stereocenters. The van der Waals surface area contributed by atoms with Gasteiger partial charge in [-0.3, -0.25) is 0 Å². The summed E-state index contributed by atoms with van der Waals surface area (Å²) < 4.78 is 24.1. The smallest absolute Gasteiger partial charge is 0.179 e. The minimum atomic E-state index is -3.16. The highest BCUT2D eigenvalue weighted by Gasteiger charge is 2.18. The van der Waals surface area contributed by atoms with Crippen molar-refractivity contribution in [3.63, 3.8) is 0 Å². The van der Waals surface area contributed by atoms with Gasteiger partial charge in [0.05, 0.1) is 10.6 Å². The fraction of sp³-hybridized carbons (Fsp3) is 0.500. The Morgan fingerprint density at radius 2 is 1.71 bits per heavy atom. The van der Waals surface area contributed by atoms with Gasteiger partial charge in [-0.2, -0.15) is 0 Å². The molecule has 1 fully saturated rings. The lowest BCUT2D eigenvalue weighted by Gasteiger charge is -2.14. The van der Waals surface area contributed by atoms with Gasteiger partial charge in [-0.15, -0.1) is 0 Å². The van der Waals surface area contributed by atoms with E-state index in [1.165, 1.54) is 12.8 Å². The van der Waals surface area contributed by atoms with Crippen LogP contribution in [0.25, 0.3) is 0 Å². The van der Waals surface area contributed by atoms with Crippen molar-refractivity contribution < 1.29 is 8.42 Å². The normalized spacial score (nSPS) is 17.4. The summed E-state index contributed by atoms with van der Waals surface area (Å²) in [6, 6.07) is 6.41. The second kappa shape index (κ2) is 5.06. The summed E-state index contributed by atoms with van der Waals surface area (Å²) in [5.74, 6) is 0.191. The van der Waals surface area contributed by atoms with Crippen LogP contribution in [0.15, 0.2) is 29.2 Å². The minimum Gasteiger partial charge on any atom is -0.399 e. The molecule has 0 radical (unpaired) electrons. The van der Waals surface area contributed by atoms with E-state index in [2.05, 4.69) is 4.90 Å². The first-order chi connectivity index (χ1) is 8.08. The summed E-state index contributed by atoms with van der Waals surface area (Å²) in [6.07, 6.45) is 2.36. The van der Waals surface area contributed by atoms with E-state index in [0.717, 1.165) is 13.1 Å². The molecule has 0 amide bonds. The molecule has 94 valence electrons. The third-order valence-electron chi connectivity index (χ3n) is 3.11. The van der Waals surface area contributed by atoms with Gasteiger partial charge in [0.1, 0.15) is 0 Å². The van der Waals surface area contributed by atoms with Gasteiger partial charge >= 0.3 is 0 Å². The summed E-state index contributed by atoms with van der Waals surface area (Å²) in [7, 11) is -3.16. The summed E-state index contributed by atoms with van der Waals surface area (Å²) in [4.78, 5) is 2.57. The molecule has 0 spiro atoms. The van der Waals surface area contributed by atoms with Crippen molar-refractivity contribution in [2.75, 3.05) is 31.1 Å². The second-order valence-corrected chi connectivity index (χ2v) is 6.55. The Balaban J connectivity index is 2.00. The number of nitrogens with zero attached hydrogens (tertiary/aromatic N) is 1. The van der Waals surface area contributed by atoms with Crippen LogP contribution in [0.1, 0.15) is 12.8 Å². The zero-order chi connectivity index (χ0) is 12.3. The van der Waals surface area contributed by atoms with Crippen molar-refractivity contribution in [2.45, 2.75) is 17.7 Å². The largest absolute Gasteiger partial charge is 0.399 e. The lowest BCUT2D eigenvalue weighted by Crippen LogP contribution is -2.26. The van der Waals surface area contributed by atoms with Gasteiger partial charge in [-0.1, -0.05) is 0 Å². The Kier molecular flexibility index (Phi) is 3.69. The maximum absolute atomic E-state index is 12.0. The highest BCUT2D eigenvalue weighted by molar-refractivity contribution is 7.91. The monoisotopic (exact) mass is 254 g/mol. The molecule has 0 aliphatic carbocycles. The van der Waals surface area contributed by atoms with Crippen molar-refractivity contribution in [2.24, 2.45) is 0 Å². The zero-order valence-corrected chi connectivity index (χ0v) is 10.6. The highest BCUT2D eigenvalue weighted by atomic mass is 32.2. The van der Waals surface area contributed by atoms with Gasteiger partial charge in [-0.25, -0.2) is 8.42 Å². The Bertz CT molecular complexity index is 462. The lowest BCUT2D eigenvalue weighted by molar-refractivity contribution is 0.359. The standard InChI is InChI=1S/C12H18N2O2S/c13-11-3-5-12(6-4-11)17(15,16)10-9-14-7-1-2-8-14/h3-6H,1-2,7-10,13H2. The fourth-order valence-corrected chi connectivity index (χ4v) is 3.33. The van der Waals surface area contributed by atoms with Gasteiger partial charge in [0, 0.05) is 12.2 Å². The van der Waals surface area contributed by atoms with Crippen molar-refractivity contribution in [1.82, 2.24) is 4.90 Å². The van der Waals surface area contributed by atoms with Crippen LogP contribution in [0.3, 0.4) is 0 Å². The average molecular weight is 254 g/mol. The molecule has 1 aliphatic rings. The maximum Gasteiger partial charge on any atom is 0.179 e. The molecule has 1 aromatic rings. The van der Waals surface area contributed by atoms with Crippen LogP contribution in [-0.4, -0.2) is 38.7 Å². The first kappa shape index (κ1) is 12.4. The summed E-state index contributed by atoms with van der Waals surface area (Å²) in [5.41, 5.74) is 6.13. The average Bonchev–Trinajstić information content (AvgIpc) is 2.80. The maximum atomic E-state index is 12.0. The Morgan fingerprint density at radius 3 is 2.29 bits per heavy atom. The molecule has 5 heteroatoms. The molecule has 4 nitrogen and oxygen atoms in total. The highest BCUT2D eigenvalue weighted by Crippen LogP contribution is 2.14. The zero-order valence-electron chi connectivity index (χ0n) is 9.80. The summed E-state index contributed by atoms with van der Waals surface area (Å²) in [5, 5.41) is 0. The molecule has 1 aliphatic heterocycles. The number of nitrogens with two attached hydrogens (primary N) is 1. The molecule has 0 saturated carbocycles. The third kappa shape index (κ3) is 3.20. The molecule has 2 N–H and O–H groups in total. The number of hydrogen-bond donors (Lipinski definition) is 1. The number of hydrogen-bond acceptors (Lipinski definition) is 4. The lowest BCUT2D eigenvalue weighted by atomic mass is 10.3. The van der Waals surface area contributed by atoms with E-state index in [1.807, 2.05) is 0 Å². The first-order valence-corrected chi connectivity index (χ1v) is 7.54. The molecule has 1 saturated heterocycles. The van der Waals surface area contributed by atoms with E-state index in [-0.39, 0.29) is 5.75 Å².